The van der Waals surface area contributed by atoms with Gasteiger partial charge in [-0.15, -0.1) is 11.3 Å². The van der Waals surface area contributed by atoms with Gasteiger partial charge in [-0.3, -0.25) is 0 Å². The van der Waals surface area contributed by atoms with Gasteiger partial charge in [-0.05, 0) is 42.3 Å². The number of nitrogens with zero attached hydrogens (tertiary/aromatic N) is 1. The minimum absolute atomic E-state index is 0.796. The molecule has 0 saturated carbocycles. The first-order chi connectivity index (χ1) is 11.7. The standard InChI is InChI=1S/C15H18NS.CHF3O3S/c1-2-4-14-13-9-15-11(5-7-17-15)8-12(13)10-16(14)6-3-1;2-1(3,4)8(5,6)7/h5,7,9,12H,1-4,6,8,10H2;(H,5,6,7)/q+1;/p-1. The van der Waals surface area contributed by atoms with Crippen molar-refractivity contribution >= 4 is 33.2 Å². The minimum atomic E-state index is -6.09. The van der Waals surface area contributed by atoms with Crippen LogP contribution in [0.15, 0.2) is 17.0 Å². The van der Waals surface area contributed by atoms with Gasteiger partial charge in [0, 0.05) is 23.3 Å². The lowest BCUT2D eigenvalue weighted by molar-refractivity contribution is -0.525. The average molecular weight is 393 g/mol. The fourth-order valence-electron chi connectivity index (χ4n) is 3.62. The first-order valence-electron chi connectivity index (χ1n) is 8.08. The lowest BCUT2D eigenvalue weighted by atomic mass is 9.85. The molecule has 4 rings (SSSR count). The van der Waals surface area contributed by atoms with Crippen molar-refractivity contribution in [2.45, 2.75) is 37.6 Å². The third-order valence-corrected chi connectivity index (χ3v) is 6.23. The molecule has 3 aliphatic rings. The summed E-state index contributed by atoms with van der Waals surface area (Å²) in [5.74, 6) is 0.796. The fourth-order valence-corrected chi connectivity index (χ4v) is 4.50. The van der Waals surface area contributed by atoms with Crippen LogP contribution in [0.4, 0.5) is 13.2 Å². The summed E-state index contributed by atoms with van der Waals surface area (Å²) >= 11 is 1.91. The van der Waals surface area contributed by atoms with Crippen molar-refractivity contribution in [3.05, 3.63) is 27.5 Å². The van der Waals surface area contributed by atoms with Crippen LogP contribution in [0.2, 0.25) is 0 Å². The summed E-state index contributed by atoms with van der Waals surface area (Å²) in [5.41, 5.74) is -0.692. The van der Waals surface area contributed by atoms with Crippen molar-refractivity contribution in [2.75, 3.05) is 13.1 Å². The summed E-state index contributed by atoms with van der Waals surface area (Å²) in [6.07, 6.45) is 9.31. The molecule has 0 fully saturated rings. The monoisotopic (exact) mass is 393 g/mol. The Morgan fingerprint density at radius 2 is 1.96 bits per heavy atom. The number of fused-ring (bicyclic) bond motifs is 3. The molecule has 0 spiro atoms. The van der Waals surface area contributed by atoms with E-state index in [1.807, 2.05) is 11.3 Å². The smallest absolute Gasteiger partial charge is 0.485 e. The predicted molar refractivity (Wildman–Crippen MR) is 88.7 cm³/mol. The highest BCUT2D eigenvalue weighted by Crippen LogP contribution is 2.37. The molecular formula is C16H18F3NO3S2. The fraction of sp³-hybridized carbons (Fsp3) is 0.562. The lowest BCUT2D eigenvalue weighted by Gasteiger charge is -2.15. The lowest BCUT2D eigenvalue weighted by Crippen LogP contribution is -2.21. The van der Waals surface area contributed by atoms with Crippen LogP contribution >= 0.6 is 11.3 Å². The molecule has 0 bridgehead atoms. The van der Waals surface area contributed by atoms with Gasteiger partial charge in [-0.1, -0.05) is 0 Å². The molecule has 9 heteroatoms. The van der Waals surface area contributed by atoms with Crippen LogP contribution in [-0.4, -0.2) is 41.9 Å². The Labute approximate surface area is 148 Å². The number of hydrogen-bond acceptors (Lipinski definition) is 4. The largest absolute Gasteiger partial charge is 0.741 e. The van der Waals surface area contributed by atoms with E-state index < -0.39 is 15.6 Å². The maximum Gasteiger partial charge on any atom is 0.485 e. The van der Waals surface area contributed by atoms with Crippen molar-refractivity contribution < 1.29 is 30.7 Å². The van der Waals surface area contributed by atoms with Crippen LogP contribution in [0.1, 0.15) is 36.1 Å². The first-order valence-corrected chi connectivity index (χ1v) is 10.4. The Hall–Kier alpha value is -1.19. The van der Waals surface area contributed by atoms with Crippen molar-refractivity contribution in [1.82, 2.24) is 0 Å². The number of thiophene rings is 1. The molecule has 138 valence electrons. The van der Waals surface area contributed by atoms with E-state index in [9.17, 15) is 13.2 Å². The van der Waals surface area contributed by atoms with Crippen LogP contribution < -0.4 is 0 Å². The van der Waals surface area contributed by atoms with E-state index in [0.29, 0.717) is 0 Å². The molecule has 0 amide bonds. The third-order valence-electron chi connectivity index (χ3n) is 4.75. The highest BCUT2D eigenvalue weighted by molar-refractivity contribution is 7.86. The molecule has 3 heterocycles. The van der Waals surface area contributed by atoms with Crippen LogP contribution in [-0.2, 0) is 16.5 Å². The van der Waals surface area contributed by atoms with E-state index in [0.717, 1.165) is 5.92 Å². The van der Waals surface area contributed by atoms with E-state index in [1.165, 1.54) is 50.1 Å². The van der Waals surface area contributed by atoms with E-state index in [1.54, 1.807) is 16.8 Å². The maximum absolute atomic E-state index is 10.7. The molecule has 0 radical (unpaired) electrons. The summed E-state index contributed by atoms with van der Waals surface area (Å²) in [4.78, 5) is 1.52. The van der Waals surface area contributed by atoms with Gasteiger partial charge in [0.05, 0.1) is 5.92 Å². The van der Waals surface area contributed by atoms with Crippen molar-refractivity contribution in [1.29, 1.82) is 0 Å². The third kappa shape index (κ3) is 3.98. The van der Waals surface area contributed by atoms with Crippen LogP contribution in [0.5, 0.6) is 0 Å². The van der Waals surface area contributed by atoms with Gasteiger partial charge in [-0.25, -0.2) is 13.0 Å². The second-order valence-corrected chi connectivity index (χ2v) is 8.73. The summed E-state index contributed by atoms with van der Waals surface area (Å²) in [7, 11) is -6.09. The van der Waals surface area contributed by atoms with Crippen LogP contribution in [0.25, 0.3) is 6.08 Å². The van der Waals surface area contributed by atoms with Gasteiger partial charge in [0.2, 0.25) is 0 Å². The first kappa shape index (κ1) is 18.6. The zero-order valence-corrected chi connectivity index (χ0v) is 15.0. The van der Waals surface area contributed by atoms with Crippen molar-refractivity contribution in [3.8, 4) is 0 Å². The Morgan fingerprint density at radius 3 is 2.64 bits per heavy atom. The summed E-state index contributed by atoms with van der Waals surface area (Å²) in [6, 6.07) is 2.32. The van der Waals surface area contributed by atoms with Crippen LogP contribution in [0.3, 0.4) is 0 Å². The maximum atomic E-state index is 10.7. The van der Waals surface area contributed by atoms with Gasteiger partial charge in [-0.2, -0.15) is 13.2 Å². The highest BCUT2D eigenvalue weighted by atomic mass is 32.2. The summed E-state index contributed by atoms with van der Waals surface area (Å²) in [5, 5.41) is 2.25. The molecule has 1 unspecified atom stereocenters. The van der Waals surface area contributed by atoms with E-state index in [-0.39, 0.29) is 0 Å². The Bertz CT molecular complexity index is 822. The quantitative estimate of drug-likeness (QED) is 0.386. The van der Waals surface area contributed by atoms with Gasteiger partial charge >= 0.3 is 5.51 Å². The van der Waals surface area contributed by atoms with Gasteiger partial charge in [0.1, 0.15) is 6.54 Å². The zero-order valence-electron chi connectivity index (χ0n) is 13.4. The number of alkyl halides is 3. The highest BCUT2D eigenvalue weighted by Gasteiger charge is 2.39. The van der Waals surface area contributed by atoms with Gasteiger partial charge < -0.3 is 4.55 Å². The molecule has 2 aliphatic heterocycles. The molecular weight excluding hydrogens is 375 g/mol. The molecule has 25 heavy (non-hydrogen) atoms. The average Bonchev–Trinajstić information content (AvgIpc) is 3.00. The topological polar surface area (TPSA) is 60.2 Å². The molecule has 1 aliphatic carbocycles. The molecule has 4 nitrogen and oxygen atoms in total. The summed E-state index contributed by atoms with van der Waals surface area (Å²) < 4.78 is 61.6. The van der Waals surface area contributed by atoms with E-state index in [4.69, 9.17) is 13.0 Å². The summed E-state index contributed by atoms with van der Waals surface area (Å²) in [6.45, 7) is 2.59. The van der Waals surface area contributed by atoms with E-state index >= 15 is 0 Å². The van der Waals surface area contributed by atoms with E-state index in [2.05, 4.69) is 22.1 Å². The minimum Gasteiger partial charge on any atom is -0.741 e. The number of halogens is 3. The van der Waals surface area contributed by atoms with Crippen molar-refractivity contribution in [2.24, 2.45) is 5.92 Å². The SMILES string of the molecule is C1=C2C3=[N+](CCCCC3)CC2Cc2ccsc21.O=S(=O)([O-])C(F)(F)F. The molecule has 1 aromatic rings. The predicted octanol–water partition coefficient (Wildman–Crippen LogP) is 3.40. The Morgan fingerprint density at radius 1 is 1.24 bits per heavy atom. The molecule has 0 N–H and O–H groups in total. The molecule has 1 aromatic heterocycles. The van der Waals surface area contributed by atoms with Gasteiger partial charge in [0.15, 0.2) is 22.4 Å². The molecule has 0 saturated heterocycles. The second kappa shape index (κ2) is 6.85. The number of hydrogen-bond donors (Lipinski definition) is 0. The van der Waals surface area contributed by atoms with Gasteiger partial charge in [0.25, 0.3) is 0 Å². The van der Waals surface area contributed by atoms with Crippen molar-refractivity contribution in [3.63, 3.8) is 0 Å². The molecule has 1 atom stereocenters. The normalized spacial score (nSPS) is 22.9. The zero-order chi connectivity index (χ0) is 18.2. The molecule has 0 aromatic carbocycles. The number of rotatable bonds is 0. The Balaban J connectivity index is 0.000000197. The van der Waals surface area contributed by atoms with Crippen LogP contribution in [0, 0.1) is 5.92 Å². The Kier molecular flexibility index (Phi) is 5.09. The second-order valence-electron chi connectivity index (χ2n) is 6.41.